The van der Waals surface area contributed by atoms with Crippen LogP contribution in [-0.2, 0) is 12.8 Å². The highest BCUT2D eigenvalue weighted by Gasteiger charge is 2.11. The molecule has 3 rings (SSSR count). The Labute approximate surface area is 133 Å². The van der Waals surface area contributed by atoms with Crippen molar-refractivity contribution in [1.82, 2.24) is 0 Å². The molecular formula is C22H22. The highest BCUT2D eigenvalue weighted by molar-refractivity contribution is 5.85. The van der Waals surface area contributed by atoms with Gasteiger partial charge in [-0.2, -0.15) is 0 Å². The molecule has 0 bridgehead atoms. The van der Waals surface area contributed by atoms with Crippen LogP contribution in [0, 0.1) is 0 Å². The summed E-state index contributed by atoms with van der Waals surface area (Å²) in [5, 5.41) is 0. The molecule has 0 unspecified atom stereocenters. The van der Waals surface area contributed by atoms with Crippen molar-refractivity contribution in [2.45, 2.75) is 26.7 Å². The lowest BCUT2D eigenvalue weighted by Crippen LogP contribution is -1.96. The van der Waals surface area contributed by atoms with Gasteiger partial charge < -0.3 is 0 Å². The molecule has 0 spiro atoms. The molecule has 0 aromatic heterocycles. The molecule has 0 aliphatic rings. The van der Waals surface area contributed by atoms with E-state index in [1.54, 1.807) is 0 Å². The second-order valence-corrected chi connectivity index (χ2v) is 5.56. The van der Waals surface area contributed by atoms with Crippen LogP contribution in [0.5, 0.6) is 0 Å². The van der Waals surface area contributed by atoms with Gasteiger partial charge in [0.15, 0.2) is 0 Å². The maximum Gasteiger partial charge on any atom is -0.0103 e. The maximum absolute atomic E-state index is 2.26. The highest BCUT2D eigenvalue weighted by atomic mass is 14.2. The standard InChI is InChI=1S/C22H22/c1-3-17-13-10-16-21(19(17)4-2)22-15-9-8-14-20(22)18-11-6-5-7-12-18/h5-16H,3-4H2,1-2H3. The normalized spacial score (nSPS) is 10.6. The van der Waals surface area contributed by atoms with Gasteiger partial charge in [0, 0.05) is 0 Å². The summed E-state index contributed by atoms with van der Waals surface area (Å²) in [5.41, 5.74) is 8.24. The first-order valence-electron chi connectivity index (χ1n) is 8.10. The third-order valence-electron chi connectivity index (χ3n) is 4.31. The molecule has 0 aliphatic heterocycles. The van der Waals surface area contributed by atoms with E-state index < -0.39 is 0 Å². The number of benzene rings is 3. The minimum atomic E-state index is 1.07. The first-order chi connectivity index (χ1) is 10.8. The van der Waals surface area contributed by atoms with Gasteiger partial charge in [-0.25, -0.2) is 0 Å². The predicted molar refractivity (Wildman–Crippen MR) is 96.1 cm³/mol. The van der Waals surface area contributed by atoms with Gasteiger partial charge in [-0.1, -0.05) is 86.6 Å². The number of rotatable bonds is 4. The fourth-order valence-electron chi connectivity index (χ4n) is 3.22. The predicted octanol–water partition coefficient (Wildman–Crippen LogP) is 6.15. The Morgan fingerprint density at radius 3 is 1.86 bits per heavy atom. The van der Waals surface area contributed by atoms with E-state index in [1.807, 2.05) is 0 Å². The van der Waals surface area contributed by atoms with Gasteiger partial charge in [0.2, 0.25) is 0 Å². The monoisotopic (exact) mass is 286 g/mol. The lowest BCUT2D eigenvalue weighted by molar-refractivity contribution is 1.04. The molecule has 0 N–H and O–H groups in total. The van der Waals surface area contributed by atoms with Crippen LogP contribution in [0.15, 0.2) is 72.8 Å². The van der Waals surface area contributed by atoms with Gasteiger partial charge >= 0.3 is 0 Å². The van der Waals surface area contributed by atoms with Crippen molar-refractivity contribution < 1.29 is 0 Å². The molecule has 110 valence electrons. The largest absolute Gasteiger partial charge is 0.0622 e. The van der Waals surface area contributed by atoms with Crippen molar-refractivity contribution in [1.29, 1.82) is 0 Å². The van der Waals surface area contributed by atoms with E-state index in [0.29, 0.717) is 0 Å². The molecule has 0 aliphatic carbocycles. The van der Waals surface area contributed by atoms with Gasteiger partial charge in [0.25, 0.3) is 0 Å². The smallest absolute Gasteiger partial charge is 0.0103 e. The summed E-state index contributed by atoms with van der Waals surface area (Å²) in [5.74, 6) is 0. The van der Waals surface area contributed by atoms with Crippen molar-refractivity contribution in [2.24, 2.45) is 0 Å². The summed E-state index contributed by atoms with van der Waals surface area (Å²) in [4.78, 5) is 0. The van der Waals surface area contributed by atoms with Crippen molar-refractivity contribution in [2.75, 3.05) is 0 Å². The van der Waals surface area contributed by atoms with Crippen LogP contribution in [-0.4, -0.2) is 0 Å². The van der Waals surface area contributed by atoms with Crippen LogP contribution < -0.4 is 0 Å². The first-order valence-corrected chi connectivity index (χ1v) is 8.10. The van der Waals surface area contributed by atoms with Gasteiger partial charge in [-0.3, -0.25) is 0 Å². The molecule has 22 heavy (non-hydrogen) atoms. The lowest BCUT2D eigenvalue weighted by atomic mass is 9.88. The van der Waals surface area contributed by atoms with Gasteiger partial charge in [0.05, 0.1) is 0 Å². The average Bonchev–Trinajstić information content (AvgIpc) is 2.61. The van der Waals surface area contributed by atoms with Crippen LogP contribution >= 0.6 is 0 Å². The quantitative estimate of drug-likeness (QED) is 0.540. The molecule has 0 nitrogen and oxygen atoms in total. The van der Waals surface area contributed by atoms with E-state index in [4.69, 9.17) is 0 Å². The minimum absolute atomic E-state index is 1.07. The zero-order chi connectivity index (χ0) is 15.4. The lowest BCUT2D eigenvalue weighted by Gasteiger charge is -2.16. The van der Waals surface area contributed by atoms with Crippen LogP contribution in [0.1, 0.15) is 25.0 Å². The van der Waals surface area contributed by atoms with E-state index in [1.165, 1.54) is 33.4 Å². The summed E-state index contributed by atoms with van der Waals surface area (Å²) in [7, 11) is 0. The Hall–Kier alpha value is -2.34. The molecule has 0 heteroatoms. The maximum atomic E-state index is 2.26. The fraction of sp³-hybridized carbons (Fsp3) is 0.182. The van der Waals surface area contributed by atoms with E-state index in [9.17, 15) is 0 Å². The van der Waals surface area contributed by atoms with Crippen molar-refractivity contribution >= 4 is 0 Å². The van der Waals surface area contributed by atoms with E-state index >= 15 is 0 Å². The van der Waals surface area contributed by atoms with Crippen LogP contribution in [0.2, 0.25) is 0 Å². The molecule has 0 saturated heterocycles. The molecule has 0 atom stereocenters. The molecule has 3 aromatic carbocycles. The van der Waals surface area contributed by atoms with Crippen molar-refractivity contribution in [3.8, 4) is 22.3 Å². The van der Waals surface area contributed by atoms with Crippen LogP contribution in [0.25, 0.3) is 22.3 Å². The summed E-state index contributed by atoms with van der Waals surface area (Å²) < 4.78 is 0. The van der Waals surface area contributed by atoms with E-state index in [0.717, 1.165) is 12.8 Å². The van der Waals surface area contributed by atoms with E-state index in [2.05, 4.69) is 86.6 Å². The van der Waals surface area contributed by atoms with Gasteiger partial charge in [-0.15, -0.1) is 0 Å². The Morgan fingerprint density at radius 2 is 1.18 bits per heavy atom. The molecule has 0 saturated carbocycles. The van der Waals surface area contributed by atoms with Crippen molar-refractivity contribution in [3.05, 3.63) is 83.9 Å². The number of hydrogen-bond donors (Lipinski definition) is 0. The third-order valence-corrected chi connectivity index (χ3v) is 4.31. The zero-order valence-electron chi connectivity index (χ0n) is 13.3. The fourth-order valence-corrected chi connectivity index (χ4v) is 3.22. The Bertz CT molecular complexity index is 754. The minimum Gasteiger partial charge on any atom is -0.0622 e. The molecule has 0 fully saturated rings. The second-order valence-electron chi connectivity index (χ2n) is 5.56. The Morgan fingerprint density at radius 1 is 0.545 bits per heavy atom. The molecule has 0 heterocycles. The SMILES string of the molecule is CCc1cccc(-c2ccccc2-c2ccccc2)c1CC. The number of aryl methyl sites for hydroxylation is 1. The number of hydrogen-bond acceptors (Lipinski definition) is 0. The second kappa shape index (κ2) is 6.62. The van der Waals surface area contributed by atoms with Crippen molar-refractivity contribution in [3.63, 3.8) is 0 Å². The van der Waals surface area contributed by atoms with Gasteiger partial charge in [-0.05, 0) is 46.2 Å². The van der Waals surface area contributed by atoms with Crippen LogP contribution in [0.3, 0.4) is 0 Å². The Kier molecular flexibility index (Phi) is 4.39. The highest BCUT2D eigenvalue weighted by Crippen LogP contribution is 2.35. The summed E-state index contributed by atoms with van der Waals surface area (Å²) in [6, 6.07) is 26.1. The Balaban J connectivity index is 2.22. The summed E-state index contributed by atoms with van der Waals surface area (Å²) in [6.45, 7) is 4.49. The molecule has 0 radical (unpaired) electrons. The van der Waals surface area contributed by atoms with Gasteiger partial charge in [0.1, 0.15) is 0 Å². The average molecular weight is 286 g/mol. The molecular weight excluding hydrogens is 264 g/mol. The van der Waals surface area contributed by atoms with E-state index in [-0.39, 0.29) is 0 Å². The third kappa shape index (κ3) is 2.69. The molecule has 0 amide bonds. The topological polar surface area (TPSA) is 0 Å². The zero-order valence-corrected chi connectivity index (χ0v) is 13.3. The van der Waals surface area contributed by atoms with Crippen LogP contribution in [0.4, 0.5) is 0 Å². The summed E-state index contributed by atoms with van der Waals surface area (Å²) in [6.07, 6.45) is 2.16. The first kappa shape index (κ1) is 14.6. The molecule has 3 aromatic rings. The summed E-state index contributed by atoms with van der Waals surface area (Å²) >= 11 is 0.